The quantitative estimate of drug-likeness (QED) is 0.855. The van der Waals surface area contributed by atoms with Crippen molar-refractivity contribution in [2.45, 2.75) is 13.8 Å². The van der Waals surface area contributed by atoms with Gasteiger partial charge in [0.05, 0.1) is 5.56 Å². The topological polar surface area (TPSA) is 66.4 Å². The van der Waals surface area contributed by atoms with E-state index in [1.165, 1.54) is 18.2 Å². The fourth-order valence-electron chi connectivity index (χ4n) is 1.07. The number of aromatic carboxylic acids is 1. The van der Waals surface area contributed by atoms with Crippen LogP contribution in [0.5, 0.6) is 0 Å². The number of amides is 1. The normalized spacial score (nSPS) is 10.2. The summed E-state index contributed by atoms with van der Waals surface area (Å²) in [6.07, 6.45) is 0. The second kappa shape index (κ2) is 4.99. The van der Waals surface area contributed by atoms with Gasteiger partial charge in [-0.25, -0.2) is 4.79 Å². The van der Waals surface area contributed by atoms with Crippen LogP contribution in [-0.2, 0) is 4.79 Å². The van der Waals surface area contributed by atoms with E-state index in [2.05, 4.69) is 5.32 Å². The summed E-state index contributed by atoms with van der Waals surface area (Å²) in [6, 6.07) is 4.21. The molecule has 1 aromatic rings. The zero-order valence-electron chi connectivity index (χ0n) is 8.95. The number of carboxylic acid groups (broad SMARTS) is 1. The zero-order valence-corrected chi connectivity index (χ0v) is 9.71. The van der Waals surface area contributed by atoms with Crippen LogP contribution < -0.4 is 5.32 Å². The lowest BCUT2D eigenvalue weighted by atomic mass is 10.1. The number of benzene rings is 1. The molecular formula is C11H12ClNO3. The van der Waals surface area contributed by atoms with Crippen molar-refractivity contribution in [1.29, 1.82) is 0 Å². The predicted molar refractivity (Wildman–Crippen MR) is 61.9 cm³/mol. The van der Waals surface area contributed by atoms with Gasteiger partial charge in [-0.2, -0.15) is 0 Å². The highest BCUT2D eigenvalue weighted by Crippen LogP contribution is 2.19. The maximum Gasteiger partial charge on any atom is 0.335 e. The Morgan fingerprint density at radius 1 is 1.31 bits per heavy atom. The molecule has 0 radical (unpaired) electrons. The SMILES string of the molecule is CC(C)C(=O)Nc1cc(Cl)cc(C(=O)O)c1. The monoisotopic (exact) mass is 241 g/mol. The van der Waals surface area contributed by atoms with Gasteiger partial charge in [0.2, 0.25) is 5.91 Å². The first-order valence-electron chi connectivity index (χ1n) is 4.75. The summed E-state index contributed by atoms with van der Waals surface area (Å²) in [5.74, 6) is -1.44. The van der Waals surface area contributed by atoms with Crippen molar-refractivity contribution in [1.82, 2.24) is 0 Å². The number of rotatable bonds is 3. The lowest BCUT2D eigenvalue weighted by molar-refractivity contribution is -0.118. The van der Waals surface area contributed by atoms with Gasteiger partial charge in [-0.15, -0.1) is 0 Å². The van der Waals surface area contributed by atoms with E-state index < -0.39 is 5.97 Å². The molecule has 0 saturated heterocycles. The molecule has 0 spiro atoms. The number of carbonyl (C=O) groups excluding carboxylic acids is 1. The summed E-state index contributed by atoms with van der Waals surface area (Å²) in [5, 5.41) is 11.7. The molecule has 1 rings (SSSR count). The van der Waals surface area contributed by atoms with Gasteiger partial charge in [-0.3, -0.25) is 4.79 Å². The van der Waals surface area contributed by atoms with E-state index in [9.17, 15) is 9.59 Å². The molecule has 0 unspecified atom stereocenters. The van der Waals surface area contributed by atoms with Crippen molar-refractivity contribution in [3.8, 4) is 0 Å². The molecule has 0 fully saturated rings. The van der Waals surface area contributed by atoms with Crippen molar-refractivity contribution < 1.29 is 14.7 Å². The number of halogens is 1. The zero-order chi connectivity index (χ0) is 12.3. The highest BCUT2D eigenvalue weighted by molar-refractivity contribution is 6.31. The van der Waals surface area contributed by atoms with Gasteiger partial charge in [0.1, 0.15) is 0 Å². The van der Waals surface area contributed by atoms with Crippen molar-refractivity contribution in [3.05, 3.63) is 28.8 Å². The molecule has 0 aliphatic rings. The van der Waals surface area contributed by atoms with Crippen molar-refractivity contribution in [2.24, 2.45) is 5.92 Å². The Hall–Kier alpha value is -1.55. The molecule has 2 N–H and O–H groups in total. The number of carboxylic acids is 1. The number of hydrogen-bond donors (Lipinski definition) is 2. The third-order valence-electron chi connectivity index (χ3n) is 1.94. The van der Waals surface area contributed by atoms with E-state index in [0.29, 0.717) is 5.69 Å². The van der Waals surface area contributed by atoms with Gasteiger partial charge in [0, 0.05) is 16.6 Å². The van der Waals surface area contributed by atoms with Crippen molar-refractivity contribution >= 4 is 29.2 Å². The Bertz CT molecular complexity index is 429. The Labute approximate surface area is 98.2 Å². The molecule has 1 aromatic carbocycles. The first-order chi connectivity index (χ1) is 7.40. The molecule has 86 valence electrons. The molecule has 0 atom stereocenters. The van der Waals surface area contributed by atoms with Crippen LogP contribution in [0.25, 0.3) is 0 Å². The molecule has 0 bridgehead atoms. The fraction of sp³-hybridized carbons (Fsp3) is 0.273. The average molecular weight is 242 g/mol. The third-order valence-corrected chi connectivity index (χ3v) is 2.15. The molecule has 0 saturated carbocycles. The highest BCUT2D eigenvalue weighted by atomic mass is 35.5. The summed E-state index contributed by atoms with van der Waals surface area (Å²) in [7, 11) is 0. The number of hydrogen-bond acceptors (Lipinski definition) is 2. The van der Waals surface area contributed by atoms with Gasteiger partial charge in [0.25, 0.3) is 0 Å². The minimum atomic E-state index is -1.08. The Morgan fingerprint density at radius 2 is 1.94 bits per heavy atom. The fourth-order valence-corrected chi connectivity index (χ4v) is 1.31. The van der Waals surface area contributed by atoms with Crippen LogP contribution >= 0.6 is 11.6 Å². The summed E-state index contributed by atoms with van der Waals surface area (Å²) in [4.78, 5) is 22.2. The van der Waals surface area contributed by atoms with Gasteiger partial charge in [-0.05, 0) is 18.2 Å². The summed E-state index contributed by atoms with van der Waals surface area (Å²) >= 11 is 5.74. The first-order valence-corrected chi connectivity index (χ1v) is 5.12. The Balaban J connectivity index is 2.97. The maximum atomic E-state index is 11.4. The predicted octanol–water partition coefficient (Wildman–Crippen LogP) is 2.63. The maximum absolute atomic E-state index is 11.4. The Morgan fingerprint density at radius 3 is 2.44 bits per heavy atom. The van der Waals surface area contributed by atoms with Crippen LogP contribution in [0, 0.1) is 5.92 Å². The molecular weight excluding hydrogens is 230 g/mol. The van der Waals surface area contributed by atoms with Crippen LogP contribution in [0.2, 0.25) is 5.02 Å². The summed E-state index contributed by atoms with van der Waals surface area (Å²) in [6.45, 7) is 3.50. The second-order valence-electron chi connectivity index (χ2n) is 3.68. The Kier molecular flexibility index (Phi) is 3.90. The van der Waals surface area contributed by atoms with Gasteiger partial charge >= 0.3 is 5.97 Å². The van der Waals surface area contributed by atoms with Crippen molar-refractivity contribution in [3.63, 3.8) is 0 Å². The van der Waals surface area contributed by atoms with Crippen LogP contribution in [0.15, 0.2) is 18.2 Å². The van der Waals surface area contributed by atoms with E-state index in [4.69, 9.17) is 16.7 Å². The second-order valence-corrected chi connectivity index (χ2v) is 4.11. The highest BCUT2D eigenvalue weighted by Gasteiger charge is 2.10. The van der Waals surface area contributed by atoms with Crippen LogP contribution in [0.4, 0.5) is 5.69 Å². The molecule has 16 heavy (non-hydrogen) atoms. The van der Waals surface area contributed by atoms with E-state index in [0.717, 1.165) is 0 Å². The minimum absolute atomic E-state index is 0.0477. The van der Waals surface area contributed by atoms with E-state index in [1.54, 1.807) is 13.8 Å². The van der Waals surface area contributed by atoms with Crippen LogP contribution in [0.1, 0.15) is 24.2 Å². The molecule has 0 aliphatic heterocycles. The van der Waals surface area contributed by atoms with Gasteiger partial charge in [0.15, 0.2) is 0 Å². The number of carbonyl (C=O) groups is 2. The smallest absolute Gasteiger partial charge is 0.335 e. The minimum Gasteiger partial charge on any atom is -0.478 e. The molecule has 4 nitrogen and oxygen atoms in total. The number of anilines is 1. The number of nitrogens with one attached hydrogen (secondary N) is 1. The standard InChI is InChI=1S/C11H12ClNO3/c1-6(2)10(14)13-9-4-7(11(15)16)3-8(12)5-9/h3-6H,1-2H3,(H,13,14)(H,15,16). The molecule has 0 aromatic heterocycles. The first kappa shape index (κ1) is 12.5. The van der Waals surface area contributed by atoms with Gasteiger partial charge in [-0.1, -0.05) is 25.4 Å². The average Bonchev–Trinajstić information content (AvgIpc) is 2.16. The third kappa shape index (κ3) is 3.24. The molecule has 0 heterocycles. The van der Waals surface area contributed by atoms with Crippen LogP contribution in [0.3, 0.4) is 0 Å². The summed E-state index contributed by atoms with van der Waals surface area (Å²) in [5.41, 5.74) is 0.440. The van der Waals surface area contributed by atoms with E-state index >= 15 is 0 Å². The van der Waals surface area contributed by atoms with E-state index in [-0.39, 0.29) is 22.4 Å². The van der Waals surface area contributed by atoms with Crippen LogP contribution in [-0.4, -0.2) is 17.0 Å². The molecule has 0 aliphatic carbocycles. The largest absolute Gasteiger partial charge is 0.478 e. The lowest BCUT2D eigenvalue weighted by Crippen LogP contribution is -2.18. The molecule has 5 heteroatoms. The van der Waals surface area contributed by atoms with E-state index in [1.807, 2.05) is 0 Å². The van der Waals surface area contributed by atoms with Crippen molar-refractivity contribution in [2.75, 3.05) is 5.32 Å². The summed E-state index contributed by atoms with van der Waals surface area (Å²) < 4.78 is 0. The lowest BCUT2D eigenvalue weighted by Gasteiger charge is -2.08. The van der Waals surface area contributed by atoms with Gasteiger partial charge < -0.3 is 10.4 Å². The molecule has 1 amide bonds.